The van der Waals surface area contributed by atoms with Gasteiger partial charge in [0.25, 0.3) is 0 Å². The van der Waals surface area contributed by atoms with Crippen LogP contribution in [0.4, 0.5) is 0 Å². The van der Waals surface area contributed by atoms with Crippen molar-refractivity contribution < 1.29 is 0 Å². The van der Waals surface area contributed by atoms with Crippen LogP contribution >= 0.6 is 0 Å². The van der Waals surface area contributed by atoms with Gasteiger partial charge in [0.15, 0.2) is 5.82 Å². The summed E-state index contributed by atoms with van der Waals surface area (Å²) in [6.45, 7) is 2.36. The Hall–Kier alpha value is -7.16. The monoisotopic (exact) mass is 712 g/mol. The third-order valence-electron chi connectivity index (χ3n) is 11.9. The van der Waals surface area contributed by atoms with Crippen LogP contribution in [0.3, 0.4) is 0 Å². The van der Waals surface area contributed by atoms with Crippen molar-refractivity contribution in [3.63, 3.8) is 0 Å². The minimum Gasteiger partial charge on any atom is -0.228 e. The average molecular weight is 713 g/mol. The highest BCUT2D eigenvalue weighted by molar-refractivity contribution is 6.22. The van der Waals surface area contributed by atoms with Gasteiger partial charge in [-0.25, -0.2) is 9.97 Å². The second kappa shape index (κ2) is 12.7. The van der Waals surface area contributed by atoms with E-state index in [9.17, 15) is 0 Å². The van der Waals surface area contributed by atoms with E-state index in [1.54, 1.807) is 0 Å². The Labute approximate surface area is 326 Å². The largest absolute Gasteiger partial charge is 0.228 e. The van der Waals surface area contributed by atoms with Gasteiger partial charge >= 0.3 is 0 Å². The minimum absolute atomic E-state index is 0.297. The van der Waals surface area contributed by atoms with Crippen LogP contribution in [0.15, 0.2) is 200 Å². The SMILES string of the molecule is CC1(c2ccccc2)c2ccccc2-c2c(-c3cc(-c4ccccc4)nc(-c4ccc(-c5c6ccccc6cc6ccc7ccccc7c56)cc4)n3)cccc21. The molecule has 0 radical (unpaired) electrons. The fourth-order valence-corrected chi connectivity index (χ4v) is 9.23. The molecule has 0 bridgehead atoms. The Balaban J connectivity index is 1.10. The molecule has 2 nitrogen and oxygen atoms in total. The summed E-state index contributed by atoms with van der Waals surface area (Å²) in [6, 6.07) is 72.2. The van der Waals surface area contributed by atoms with Crippen LogP contribution in [0.2, 0.25) is 0 Å². The second-order valence-corrected chi connectivity index (χ2v) is 15.0. The zero-order chi connectivity index (χ0) is 37.2. The predicted octanol–water partition coefficient (Wildman–Crippen LogP) is 13.9. The molecule has 0 aliphatic heterocycles. The summed E-state index contributed by atoms with van der Waals surface area (Å²) < 4.78 is 0. The first kappa shape index (κ1) is 32.3. The van der Waals surface area contributed by atoms with Crippen molar-refractivity contribution in [3.8, 4) is 56.2 Å². The number of hydrogen-bond acceptors (Lipinski definition) is 2. The van der Waals surface area contributed by atoms with E-state index in [-0.39, 0.29) is 5.41 Å². The van der Waals surface area contributed by atoms with Crippen LogP contribution in [-0.4, -0.2) is 9.97 Å². The van der Waals surface area contributed by atoms with Crippen LogP contribution in [-0.2, 0) is 5.41 Å². The van der Waals surface area contributed by atoms with Crippen molar-refractivity contribution in [2.24, 2.45) is 0 Å². The summed E-state index contributed by atoms with van der Waals surface area (Å²) in [5.74, 6) is 0.704. The molecule has 0 amide bonds. The molecule has 0 N–H and O–H groups in total. The van der Waals surface area contributed by atoms with Crippen molar-refractivity contribution in [1.82, 2.24) is 9.97 Å². The van der Waals surface area contributed by atoms with Crippen molar-refractivity contribution in [3.05, 3.63) is 217 Å². The molecule has 56 heavy (non-hydrogen) atoms. The highest BCUT2D eigenvalue weighted by Gasteiger charge is 2.41. The fourth-order valence-electron chi connectivity index (χ4n) is 9.23. The molecule has 1 heterocycles. The molecular weight excluding hydrogens is 677 g/mol. The molecule has 1 aliphatic carbocycles. The van der Waals surface area contributed by atoms with E-state index >= 15 is 0 Å². The van der Waals surface area contributed by atoms with Gasteiger partial charge in [-0.2, -0.15) is 0 Å². The average Bonchev–Trinajstić information content (AvgIpc) is 3.54. The molecule has 0 saturated carbocycles. The molecule has 9 aromatic carbocycles. The Kier molecular flexibility index (Phi) is 7.33. The second-order valence-electron chi connectivity index (χ2n) is 15.0. The molecule has 1 aromatic heterocycles. The van der Waals surface area contributed by atoms with Crippen LogP contribution in [0.1, 0.15) is 23.6 Å². The van der Waals surface area contributed by atoms with Crippen LogP contribution in [0.25, 0.3) is 88.5 Å². The number of hydrogen-bond donors (Lipinski definition) is 0. The van der Waals surface area contributed by atoms with Gasteiger partial charge in [-0.3, -0.25) is 0 Å². The molecule has 1 aliphatic rings. The molecule has 0 fully saturated rings. The quantitative estimate of drug-likeness (QED) is 0.131. The van der Waals surface area contributed by atoms with Crippen LogP contribution in [0.5, 0.6) is 0 Å². The number of aromatic nitrogens is 2. The molecule has 11 rings (SSSR count). The smallest absolute Gasteiger partial charge is 0.160 e. The van der Waals surface area contributed by atoms with E-state index in [2.05, 4.69) is 207 Å². The summed E-state index contributed by atoms with van der Waals surface area (Å²) in [4.78, 5) is 10.6. The maximum Gasteiger partial charge on any atom is 0.160 e. The van der Waals surface area contributed by atoms with Crippen molar-refractivity contribution in [1.29, 1.82) is 0 Å². The van der Waals surface area contributed by atoms with E-state index < -0.39 is 0 Å². The van der Waals surface area contributed by atoms with Gasteiger partial charge in [0.2, 0.25) is 0 Å². The lowest BCUT2D eigenvalue weighted by Gasteiger charge is -2.28. The molecule has 10 aromatic rings. The first-order valence-electron chi connectivity index (χ1n) is 19.3. The van der Waals surface area contributed by atoms with E-state index in [1.165, 1.54) is 71.3 Å². The van der Waals surface area contributed by atoms with Crippen molar-refractivity contribution >= 4 is 32.3 Å². The minimum atomic E-state index is -0.297. The Morgan fingerprint density at radius 3 is 1.80 bits per heavy atom. The van der Waals surface area contributed by atoms with Gasteiger partial charge in [0.1, 0.15) is 0 Å². The zero-order valence-corrected chi connectivity index (χ0v) is 30.9. The van der Waals surface area contributed by atoms with Crippen molar-refractivity contribution in [2.75, 3.05) is 0 Å². The van der Waals surface area contributed by atoms with Crippen LogP contribution < -0.4 is 0 Å². The van der Waals surface area contributed by atoms with Gasteiger partial charge in [-0.05, 0) is 90.3 Å². The van der Waals surface area contributed by atoms with Gasteiger partial charge in [-0.1, -0.05) is 188 Å². The molecule has 2 heteroatoms. The van der Waals surface area contributed by atoms with E-state index in [0.29, 0.717) is 5.82 Å². The van der Waals surface area contributed by atoms with Crippen LogP contribution in [0, 0.1) is 0 Å². The summed E-state index contributed by atoms with van der Waals surface area (Å²) in [6.07, 6.45) is 0. The lowest BCUT2D eigenvalue weighted by Crippen LogP contribution is -2.22. The molecule has 0 spiro atoms. The number of fused-ring (bicyclic) bond motifs is 7. The van der Waals surface area contributed by atoms with Gasteiger partial charge in [0, 0.05) is 22.1 Å². The fraction of sp³-hybridized carbons (Fsp3) is 0.0370. The standard InChI is InChI=1S/C54H36N2/c1-54(41-19-6-3-7-20-41)46-25-13-12-23-44(46)52-45(24-14-26-47(52)54)49-34-48(36-16-4-2-5-17-36)55-53(56-49)38-30-28-37(29-31-38)50-43-22-11-9-18-39(43)33-40-32-27-35-15-8-10-21-42(35)51(40)50/h2-34H,1H3. The lowest BCUT2D eigenvalue weighted by atomic mass is 9.74. The van der Waals surface area contributed by atoms with E-state index in [4.69, 9.17) is 9.97 Å². The van der Waals surface area contributed by atoms with Gasteiger partial charge < -0.3 is 0 Å². The topological polar surface area (TPSA) is 25.8 Å². The Bertz CT molecular complexity index is 3130. The summed E-state index contributed by atoms with van der Waals surface area (Å²) >= 11 is 0. The van der Waals surface area contributed by atoms with Crippen molar-refractivity contribution in [2.45, 2.75) is 12.3 Å². The summed E-state index contributed by atoms with van der Waals surface area (Å²) in [5, 5.41) is 7.50. The predicted molar refractivity (Wildman–Crippen MR) is 234 cm³/mol. The third kappa shape index (κ3) is 4.96. The summed E-state index contributed by atoms with van der Waals surface area (Å²) in [7, 11) is 0. The number of rotatable bonds is 5. The van der Waals surface area contributed by atoms with Gasteiger partial charge in [-0.15, -0.1) is 0 Å². The Morgan fingerprint density at radius 1 is 0.375 bits per heavy atom. The maximum atomic E-state index is 5.40. The highest BCUT2D eigenvalue weighted by atomic mass is 14.9. The summed E-state index contributed by atoms with van der Waals surface area (Å²) in [5.41, 5.74) is 13.5. The number of nitrogens with zero attached hydrogens (tertiary/aromatic N) is 2. The molecule has 1 unspecified atom stereocenters. The third-order valence-corrected chi connectivity index (χ3v) is 11.9. The highest BCUT2D eigenvalue weighted by Crippen LogP contribution is 2.55. The molecule has 0 saturated heterocycles. The molecule has 1 atom stereocenters. The van der Waals surface area contributed by atoms with Gasteiger partial charge in [0.05, 0.1) is 11.4 Å². The first-order valence-corrected chi connectivity index (χ1v) is 19.3. The normalized spacial score (nSPS) is 14.6. The molecule has 262 valence electrons. The maximum absolute atomic E-state index is 5.40. The Morgan fingerprint density at radius 2 is 0.982 bits per heavy atom. The lowest BCUT2D eigenvalue weighted by molar-refractivity contribution is 0.714. The molecular formula is C54H36N2. The zero-order valence-electron chi connectivity index (χ0n) is 30.9. The van der Waals surface area contributed by atoms with E-state index in [0.717, 1.165) is 28.1 Å². The first-order chi connectivity index (χ1) is 27.6. The number of benzene rings is 9. The van der Waals surface area contributed by atoms with E-state index in [1.807, 2.05) is 0 Å².